The van der Waals surface area contributed by atoms with Gasteiger partial charge in [0.1, 0.15) is 14.5 Å². The van der Waals surface area contributed by atoms with Gasteiger partial charge in [-0.2, -0.15) is 26.3 Å². The fourth-order valence-electron chi connectivity index (χ4n) is 2.14. The molecule has 1 aliphatic heterocycles. The van der Waals surface area contributed by atoms with Crippen LogP contribution in [0.15, 0.2) is 29.3 Å². The van der Waals surface area contributed by atoms with Crippen LogP contribution in [0.25, 0.3) is 0 Å². The molecule has 0 bridgehead atoms. The van der Waals surface area contributed by atoms with E-state index in [0.29, 0.717) is 0 Å². The molecule has 0 aromatic heterocycles. The summed E-state index contributed by atoms with van der Waals surface area (Å²) in [5.74, 6) is -10.9. The fraction of sp³-hybridized carbons (Fsp3) is 0.500. The van der Waals surface area contributed by atoms with Crippen LogP contribution in [0.5, 0.6) is 0 Å². The Morgan fingerprint density at radius 1 is 1.09 bits per heavy atom. The molecule has 0 saturated heterocycles. The van der Waals surface area contributed by atoms with Crippen LogP contribution in [0.2, 0.25) is 0 Å². The first kappa shape index (κ1) is 18.0. The second-order valence-electron chi connectivity index (χ2n) is 5.34. The zero-order valence-electron chi connectivity index (χ0n) is 12.2. The highest BCUT2D eigenvalue weighted by Gasteiger charge is 2.58. The van der Waals surface area contributed by atoms with Gasteiger partial charge in [-0.25, -0.2) is 4.99 Å². The van der Waals surface area contributed by atoms with E-state index in [9.17, 15) is 26.3 Å². The van der Waals surface area contributed by atoms with E-state index in [1.165, 1.54) is 12.1 Å². The minimum atomic E-state index is -5.39. The molecule has 0 unspecified atom stereocenters. The Kier molecular flexibility index (Phi) is 4.95. The van der Waals surface area contributed by atoms with Crippen molar-refractivity contribution in [2.24, 2.45) is 10.9 Å². The Labute approximate surface area is 130 Å². The quantitative estimate of drug-likeness (QED) is 0.571. The van der Waals surface area contributed by atoms with E-state index >= 15 is 0 Å². The van der Waals surface area contributed by atoms with Crippen LogP contribution in [-0.2, 0) is 4.74 Å². The van der Waals surface area contributed by atoms with E-state index in [-0.39, 0.29) is 30.0 Å². The molecule has 0 radical (unpaired) electrons. The summed E-state index contributed by atoms with van der Waals surface area (Å²) in [4.78, 5) is 4.14. The lowest BCUT2D eigenvalue weighted by Crippen LogP contribution is -2.29. The van der Waals surface area contributed by atoms with Gasteiger partial charge in [0.2, 0.25) is 5.90 Å². The van der Waals surface area contributed by atoms with Gasteiger partial charge in [-0.15, -0.1) is 0 Å². The molecule has 23 heavy (non-hydrogen) atoms. The predicted molar refractivity (Wildman–Crippen MR) is 76.2 cm³/mol. The van der Waals surface area contributed by atoms with E-state index < -0.39 is 25.1 Å². The summed E-state index contributed by atoms with van der Waals surface area (Å²) in [7, 11) is -4.37. The number of halogens is 6. The maximum atomic E-state index is 13.0. The summed E-state index contributed by atoms with van der Waals surface area (Å²) >= 11 is 0. The first-order valence-corrected chi connectivity index (χ1v) is 8.09. The molecule has 128 valence electrons. The third kappa shape index (κ3) is 3.97. The van der Waals surface area contributed by atoms with E-state index in [0.717, 1.165) is 12.1 Å². The van der Waals surface area contributed by atoms with Gasteiger partial charge in [0.25, 0.3) is 0 Å². The molecule has 1 atom stereocenters. The van der Waals surface area contributed by atoms with Gasteiger partial charge in [0.05, 0.1) is 6.04 Å². The predicted octanol–water partition coefficient (Wildman–Crippen LogP) is 4.63. The summed E-state index contributed by atoms with van der Waals surface area (Å²) in [6.45, 7) is 3.85. The molecule has 0 saturated carbocycles. The minimum Gasteiger partial charge on any atom is -0.475 e. The number of ether oxygens (including phenoxy) is 1. The molecular formula is C14H14F6NOP. The van der Waals surface area contributed by atoms with Gasteiger partial charge in [-0.1, -0.05) is 32.0 Å². The molecular weight excluding hydrogens is 343 g/mol. The van der Waals surface area contributed by atoms with Crippen LogP contribution in [0, 0.1) is 5.92 Å². The van der Waals surface area contributed by atoms with Crippen molar-refractivity contribution in [3.63, 3.8) is 0 Å². The summed E-state index contributed by atoms with van der Waals surface area (Å²) in [5.41, 5.74) is -0.239. The molecule has 0 N–H and O–H groups in total. The van der Waals surface area contributed by atoms with Crippen molar-refractivity contribution >= 4 is 19.1 Å². The average Bonchev–Trinajstić information content (AvgIpc) is 2.85. The average molecular weight is 357 g/mol. The molecule has 1 aromatic carbocycles. The molecule has 1 aromatic rings. The van der Waals surface area contributed by atoms with Crippen molar-refractivity contribution < 1.29 is 31.1 Å². The smallest absolute Gasteiger partial charge is 0.418 e. The zero-order chi connectivity index (χ0) is 17.4. The van der Waals surface area contributed by atoms with E-state index in [1.54, 1.807) is 0 Å². The largest absolute Gasteiger partial charge is 0.475 e. The normalized spacial score (nSPS) is 19.2. The molecule has 9 heteroatoms. The number of rotatable bonds is 3. The highest BCUT2D eigenvalue weighted by atomic mass is 31.1. The fourth-order valence-corrected chi connectivity index (χ4v) is 3.62. The van der Waals surface area contributed by atoms with Crippen molar-refractivity contribution in [2.45, 2.75) is 31.7 Å². The second kappa shape index (κ2) is 6.30. The third-order valence-corrected chi connectivity index (χ3v) is 5.21. The second-order valence-corrected chi connectivity index (χ2v) is 7.51. The molecule has 0 aliphatic carbocycles. The number of nitrogens with zero attached hydrogens (tertiary/aromatic N) is 1. The number of benzene rings is 1. The molecule has 0 fully saturated rings. The Balaban J connectivity index is 2.51. The first-order chi connectivity index (χ1) is 10.5. The molecule has 1 aliphatic rings. The van der Waals surface area contributed by atoms with Gasteiger partial charge >= 0.3 is 11.8 Å². The number of aliphatic imine (C=N–C) groups is 1. The lowest BCUT2D eigenvalue weighted by Gasteiger charge is -2.24. The monoisotopic (exact) mass is 357 g/mol. The Morgan fingerprint density at radius 3 is 2.13 bits per heavy atom. The number of alkyl halides is 6. The minimum absolute atomic E-state index is 0.0754. The SMILES string of the molecule is CC(C)[C@H]1COC(c2ccccc2P(C(F)(F)F)C(F)(F)F)=N1. The summed E-state index contributed by atoms with van der Waals surface area (Å²) < 4.78 is 83.3. The van der Waals surface area contributed by atoms with E-state index in [1.807, 2.05) is 13.8 Å². The van der Waals surface area contributed by atoms with Gasteiger partial charge in [0.15, 0.2) is 0 Å². The van der Waals surface area contributed by atoms with Crippen molar-refractivity contribution in [1.29, 1.82) is 0 Å². The van der Waals surface area contributed by atoms with E-state index in [4.69, 9.17) is 4.74 Å². The van der Waals surface area contributed by atoms with Crippen molar-refractivity contribution in [2.75, 3.05) is 6.61 Å². The topological polar surface area (TPSA) is 21.6 Å². The Bertz CT molecular complexity index is 582. The Hall–Kier alpha value is -1.30. The first-order valence-electron chi connectivity index (χ1n) is 6.75. The van der Waals surface area contributed by atoms with Gasteiger partial charge in [0, 0.05) is 10.9 Å². The highest BCUT2D eigenvalue weighted by Crippen LogP contribution is 2.63. The van der Waals surface area contributed by atoms with Crippen molar-refractivity contribution in [3.05, 3.63) is 29.8 Å². The lowest BCUT2D eigenvalue weighted by molar-refractivity contribution is -0.0811. The molecule has 0 spiro atoms. The lowest BCUT2D eigenvalue weighted by atomic mass is 10.1. The summed E-state index contributed by atoms with van der Waals surface area (Å²) in [6, 6.07) is 4.27. The van der Waals surface area contributed by atoms with Crippen LogP contribution in [-0.4, -0.2) is 30.4 Å². The number of hydrogen-bond acceptors (Lipinski definition) is 2. The molecule has 2 nitrogen and oxygen atoms in total. The van der Waals surface area contributed by atoms with Gasteiger partial charge in [-0.05, 0) is 12.0 Å². The summed E-state index contributed by atoms with van der Waals surface area (Å²) in [6.07, 6.45) is 0. The van der Waals surface area contributed by atoms with Gasteiger partial charge in [-0.3, -0.25) is 0 Å². The van der Waals surface area contributed by atoms with Crippen molar-refractivity contribution in [3.8, 4) is 0 Å². The number of hydrogen-bond donors (Lipinski definition) is 0. The maximum absolute atomic E-state index is 13.0. The van der Waals surface area contributed by atoms with Crippen LogP contribution >= 0.6 is 7.92 Å². The van der Waals surface area contributed by atoms with Crippen LogP contribution in [0.1, 0.15) is 19.4 Å². The third-order valence-electron chi connectivity index (χ3n) is 3.33. The molecule has 2 rings (SSSR count). The summed E-state index contributed by atoms with van der Waals surface area (Å²) in [5, 5.41) is -0.828. The van der Waals surface area contributed by atoms with Crippen LogP contribution in [0.4, 0.5) is 26.3 Å². The Morgan fingerprint density at radius 2 is 1.65 bits per heavy atom. The maximum Gasteiger partial charge on any atom is 0.418 e. The van der Waals surface area contributed by atoms with Crippen molar-refractivity contribution in [1.82, 2.24) is 0 Å². The zero-order valence-corrected chi connectivity index (χ0v) is 13.1. The van der Waals surface area contributed by atoms with E-state index in [2.05, 4.69) is 4.99 Å². The standard InChI is InChI=1S/C14H14F6NOP/c1-8(2)10-7-22-12(21-10)9-5-3-4-6-11(9)23(13(15,16)17)14(18,19)20/h3-6,8,10H,7H2,1-2H3/t10-/m1/s1. The van der Waals surface area contributed by atoms with Crippen LogP contribution in [0.3, 0.4) is 0 Å². The molecule has 0 amide bonds. The molecule has 1 heterocycles. The van der Waals surface area contributed by atoms with Crippen LogP contribution < -0.4 is 5.30 Å². The highest BCUT2D eigenvalue weighted by molar-refractivity contribution is 7.67. The van der Waals surface area contributed by atoms with Gasteiger partial charge < -0.3 is 4.74 Å².